The highest BCUT2D eigenvalue weighted by Gasteiger charge is 2.30. The van der Waals surface area contributed by atoms with Crippen LogP contribution in [0, 0.1) is 5.92 Å². The van der Waals surface area contributed by atoms with Crippen molar-refractivity contribution in [1.29, 1.82) is 0 Å². The first-order chi connectivity index (χ1) is 11.7. The van der Waals surface area contributed by atoms with Crippen LogP contribution in [0.2, 0.25) is 0 Å². The highest BCUT2D eigenvalue weighted by molar-refractivity contribution is 5.76. The van der Waals surface area contributed by atoms with E-state index in [4.69, 9.17) is 0 Å². The van der Waals surface area contributed by atoms with Crippen LogP contribution < -0.4 is 5.32 Å². The molecule has 3 rings (SSSR count). The van der Waals surface area contributed by atoms with Gasteiger partial charge in [-0.3, -0.25) is 19.7 Å². The van der Waals surface area contributed by atoms with Gasteiger partial charge < -0.3 is 5.32 Å². The number of nitrogens with zero attached hydrogens (tertiary/aromatic N) is 3. The van der Waals surface area contributed by atoms with E-state index in [0.717, 1.165) is 25.3 Å². The van der Waals surface area contributed by atoms with Gasteiger partial charge in [0.2, 0.25) is 5.91 Å². The first kappa shape index (κ1) is 16.6. The van der Waals surface area contributed by atoms with Crippen LogP contribution in [0.25, 0.3) is 0 Å². The summed E-state index contributed by atoms with van der Waals surface area (Å²) >= 11 is 0. The Labute approximate surface area is 143 Å². The fraction of sp³-hybridized carbons (Fsp3) is 0.421. The average molecular weight is 324 g/mol. The molecule has 0 bridgehead atoms. The fourth-order valence-corrected chi connectivity index (χ4v) is 3.21. The predicted octanol–water partition coefficient (Wildman–Crippen LogP) is 2.05. The Morgan fingerprint density at radius 2 is 2.08 bits per heavy atom. The van der Waals surface area contributed by atoms with Crippen LogP contribution in [0.1, 0.15) is 24.6 Å². The van der Waals surface area contributed by atoms with Crippen molar-refractivity contribution >= 4 is 5.91 Å². The molecule has 1 aromatic carbocycles. The number of amides is 1. The third-order valence-corrected chi connectivity index (χ3v) is 4.51. The number of nitrogens with one attached hydrogen (secondary N) is 1. The van der Waals surface area contributed by atoms with Crippen LogP contribution in [0.3, 0.4) is 0 Å². The minimum Gasteiger partial charge on any atom is -0.352 e. The molecule has 1 aliphatic rings. The second-order valence-electron chi connectivity index (χ2n) is 6.53. The van der Waals surface area contributed by atoms with E-state index in [2.05, 4.69) is 51.4 Å². The van der Waals surface area contributed by atoms with Crippen molar-refractivity contribution in [3.8, 4) is 0 Å². The Kier molecular flexibility index (Phi) is 5.54. The zero-order valence-electron chi connectivity index (χ0n) is 14.1. The number of carbonyl (C=O) groups is 1. The van der Waals surface area contributed by atoms with Crippen molar-refractivity contribution < 1.29 is 4.79 Å². The Bertz CT molecular complexity index is 647. The fourth-order valence-electron chi connectivity index (χ4n) is 3.21. The van der Waals surface area contributed by atoms with E-state index >= 15 is 0 Å². The summed E-state index contributed by atoms with van der Waals surface area (Å²) in [7, 11) is 0. The van der Waals surface area contributed by atoms with Gasteiger partial charge in [-0.05, 0) is 17.9 Å². The molecular weight excluding hydrogens is 300 g/mol. The molecule has 1 aliphatic heterocycles. The monoisotopic (exact) mass is 324 g/mol. The Hall–Kier alpha value is -2.27. The van der Waals surface area contributed by atoms with Gasteiger partial charge in [-0.25, -0.2) is 0 Å². The van der Waals surface area contributed by atoms with Crippen LogP contribution in [-0.4, -0.2) is 39.9 Å². The van der Waals surface area contributed by atoms with Crippen LogP contribution in [-0.2, 0) is 17.8 Å². The molecule has 5 heteroatoms. The number of likely N-dealkylation sites (tertiary alicyclic amines) is 1. The van der Waals surface area contributed by atoms with E-state index in [1.807, 2.05) is 6.07 Å². The summed E-state index contributed by atoms with van der Waals surface area (Å²) < 4.78 is 0. The number of aryl methyl sites for hydroxylation is 1. The van der Waals surface area contributed by atoms with Crippen LogP contribution >= 0.6 is 0 Å². The zero-order chi connectivity index (χ0) is 16.8. The summed E-state index contributed by atoms with van der Waals surface area (Å²) in [4.78, 5) is 22.8. The number of hydrogen-bond donors (Lipinski definition) is 1. The molecule has 24 heavy (non-hydrogen) atoms. The Balaban J connectivity index is 1.46. The molecule has 0 saturated carbocycles. The molecule has 1 saturated heterocycles. The Morgan fingerprint density at radius 1 is 1.25 bits per heavy atom. The number of hydrogen-bond acceptors (Lipinski definition) is 4. The highest BCUT2D eigenvalue weighted by Crippen LogP contribution is 2.19. The van der Waals surface area contributed by atoms with Crippen LogP contribution in [0.4, 0.5) is 0 Å². The topological polar surface area (TPSA) is 58.1 Å². The summed E-state index contributed by atoms with van der Waals surface area (Å²) in [6.45, 7) is 5.08. The van der Waals surface area contributed by atoms with Crippen molar-refractivity contribution in [3.63, 3.8) is 0 Å². The van der Waals surface area contributed by atoms with E-state index in [1.54, 1.807) is 18.6 Å². The van der Waals surface area contributed by atoms with Gasteiger partial charge in [-0.2, -0.15) is 0 Å². The smallest absolute Gasteiger partial charge is 0.220 e. The summed E-state index contributed by atoms with van der Waals surface area (Å²) in [5.41, 5.74) is 2.18. The summed E-state index contributed by atoms with van der Waals surface area (Å²) in [6, 6.07) is 10.7. The lowest BCUT2D eigenvalue weighted by molar-refractivity contribution is -0.121. The third kappa shape index (κ3) is 4.61. The van der Waals surface area contributed by atoms with Crippen molar-refractivity contribution in [2.75, 3.05) is 13.1 Å². The number of carbonyl (C=O) groups excluding carboxylic acids is 1. The largest absolute Gasteiger partial charge is 0.352 e. The van der Waals surface area contributed by atoms with Crippen LogP contribution in [0.15, 0.2) is 48.9 Å². The minimum atomic E-state index is 0.0964. The quantitative estimate of drug-likeness (QED) is 0.883. The van der Waals surface area contributed by atoms with Gasteiger partial charge in [-0.15, -0.1) is 0 Å². The van der Waals surface area contributed by atoms with E-state index < -0.39 is 0 Å². The highest BCUT2D eigenvalue weighted by atomic mass is 16.1. The van der Waals surface area contributed by atoms with Gasteiger partial charge in [0.15, 0.2) is 0 Å². The van der Waals surface area contributed by atoms with Crippen molar-refractivity contribution in [3.05, 3.63) is 60.2 Å². The molecular formula is C19H24N4O. The average Bonchev–Trinajstić information content (AvgIpc) is 2.94. The lowest BCUT2D eigenvalue weighted by Crippen LogP contribution is -2.39. The molecule has 2 aromatic rings. The van der Waals surface area contributed by atoms with Gasteiger partial charge in [0.1, 0.15) is 0 Å². The molecule has 1 fully saturated rings. The lowest BCUT2D eigenvalue weighted by Gasteiger charge is -2.17. The molecule has 0 unspecified atom stereocenters. The molecule has 0 aliphatic carbocycles. The molecule has 5 nitrogen and oxygen atoms in total. The first-order valence-electron chi connectivity index (χ1n) is 8.51. The van der Waals surface area contributed by atoms with Gasteiger partial charge in [0.25, 0.3) is 0 Å². The van der Waals surface area contributed by atoms with Gasteiger partial charge in [0, 0.05) is 50.7 Å². The molecule has 0 spiro atoms. The van der Waals surface area contributed by atoms with Gasteiger partial charge in [0.05, 0.1) is 5.69 Å². The second-order valence-corrected chi connectivity index (χ2v) is 6.53. The minimum absolute atomic E-state index is 0.0964. The molecule has 2 atom stereocenters. The number of benzene rings is 1. The third-order valence-electron chi connectivity index (χ3n) is 4.51. The van der Waals surface area contributed by atoms with Crippen molar-refractivity contribution in [2.45, 2.75) is 32.4 Å². The van der Waals surface area contributed by atoms with Crippen molar-refractivity contribution in [2.24, 2.45) is 5.92 Å². The SMILES string of the molecule is C[C@H]1CN(Cc2ccccc2)C[C@H]1NC(=O)CCc1cnccn1. The van der Waals surface area contributed by atoms with Crippen LogP contribution in [0.5, 0.6) is 0 Å². The molecule has 0 radical (unpaired) electrons. The summed E-state index contributed by atoms with van der Waals surface area (Å²) in [5, 5.41) is 3.19. The lowest BCUT2D eigenvalue weighted by atomic mass is 10.1. The molecule has 1 amide bonds. The number of aromatic nitrogens is 2. The first-order valence-corrected chi connectivity index (χ1v) is 8.51. The maximum Gasteiger partial charge on any atom is 0.220 e. The van der Waals surface area contributed by atoms with Gasteiger partial charge in [-0.1, -0.05) is 37.3 Å². The van der Waals surface area contributed by atoms with E-state index in [9.17, 15) is 4.79 Å². The number of rotatable bonds is 6. The predicted molar refractivity (Wildman–Crippen MR) is 93.2 cm³/mol. The standard InChI is InChI=1S/C19H24N4O/c1-15-12-23(13-16-5-3-2-4-6-16)14-18(15)22-19(24)8-7-17-11-20-9-10-21-17/h2-6,9-11,15,18H,7-8,12-14H2,1H3,(H,22,24)/t15-,18+/m0/s1. The van der Waals surface area contributed by atoms with Gasteiger partial charge >= 0.3 is 0 Å². The Morgan fingerprint density at radius 3 is 2.83 bits per heavy atom. The normalized spacial score (nSPS) is 20.9. The molecule has 126 valence electrons. The maximum atomic E-state index is 12.2. The molecule has 1 N–H and O–H groups in total. The zero-order valence-corrected chi connectivity index (χ0v) is 14.1. The summed E-state index contributed by atoms with van der Waals surface area (Å²) in [6.07, 6.45) is 6.11. The molecule has 1 aromatic heterocycles. The van der Waals surface area contributed by atoms with E-state index in [-0.39, 0.29) is 11.9 Å². The molecule has 2 heterocycles. The van der Waals surface area contributed by atoms with E-state index in [0.29, 0.717) is 18.8 Å². The van der Waals surface area contributed by atoms with E-state index in [1.165, 1.54) is 5.56 Å². The maximum absolute atomic E-state index is 12.2. The van der Waals surface area contributed by atoms with Crippen molar-refractivity contribution in [1.82, 2.24) is 20.2 Å². The summed E-state index contributed by atoms with van der Waals surface area (Å²) in [5.74, 6) is 0.563. The second kappa shape index (κ2) is 8.02.